The molecule has 0 saturated carbocycles. The molecule has 1 fully saturated rings. The van der Waals surface area contributed by atoms with E-state index in [1.54, 1.807) is 0 Å². The monoisotopic (exact) mass is 568 g/mol. The number of rotatable bonds is 6. The maximum absolute atomic E-state index is 11.6. The first kappa shape index (κ1) is 37.1. The minimum Gasteiger partial charge on any atom is -0.790 e. The van der Waals surface area contributed by atoms with Crippen molar-refractivity contribution < 1.29 is 157 Å². The van der Waals surface area contributed by atoms with Crippen LogP contribution >= 0.6 is 23.5 Å². The molecule has 1 aromatic rings. The molecule has 0 amide bonds. The van der Waals surface area contributed by atoms with Gasteiger partial charge in [0.25, 0.3) is 7.82 Å². The number of phosphoric acid groups is 3. The summed E-state index contributed by atoms with van der Waals surface area (Å²) in [4.78, 5) is 59.0. The predicted molar refractivity (Wildman–Crippen MR) is 83.3 cm³/mol. The molecule has 7 N–H and O–H groups in total. The quantitative estimate of drug-likeness (QED) is 0.124. The minimum atomic E-state index is -5.92. The number of nitrogens with one attached hydrogen (secondary N) is 2. The third kappa shape index (κ3) is 14.4. The number of aliphatic hydroxyl groups is 3. The van der Waals surface area contributed by atoms with Crippen LogP contribution in [0, 0.1) is 5.41 Å². The van der Waals surface area contributed by atoms with E-state index in [0.717, 1.165) is 10.8 Å². The molecule has 0 bridgehead atoms. The molecule has 24 heteroatoms. The van der Waals surface area contributed by atoms with Gasteiger partial charge in [-0.3, -0.25) is 23.8 Å². The van der Waals surface area contributed by atoms with Gasteiger partial charge in [-0.05, 0) is 6.04 Å². The van der Waals surface area contributed by atoms with Gasteiger partial charge in [0, 0.05) is 6.20 Å². The third-order valence-electron chi connectivity index (χ3n) is 3.01. The Bertz CT molecular complexity index is 1020. The number of H-pyrrole nitrogens is 1. The standard InChI is InChI=1S/C9H13N3O5.3Na.H5O10P3/c10-5-1-2-12(9(16)11-5)8-7(15)6(14)4(3-13)17-8;;;;1-11(2,3)9-13(7,8)10-12(4,5)6/h1-2,4,6-8,13-15H,3H2,(H2,10,11,16);;;;(H,7,8)(H2,1,2,3)(H2,4,5,6)/q;3*+1;/p-3/t4-,6-,7-,8-;;;;/m1..../s1/i1D;;;;. The predicted octanol–water partition coefficient (Wildman–Crippen LogP) is -14.3. The summed E-state index contributed by atoms with van der Waals surface area (Å²) >= 11 is 0. The van der Waals surface area contributed by atoms with Crippen molar-refractivity contribution in [3.63, 3.8) is 0 Å². The Hall–Kier alpha value is 1.93. The van der Waals surface area contributed by atoms with Crippen LogP contribution in [0.1, 0.15) is 7.60 Å². The first-order valence-corrected chi connectivity index (χ1v) is 11.6. The summed E-state index contributed by atoms with van der Waals surface area (Å²) < 4.78 is 48.8. The van der Waals surface area contributed by atoms with Gasteiger partial charge >= 0.3 is 102 Å². The van der Waals surface area contributed by atoms with Crippen LogP contribution < -0.4 is 115 Å². The zero-order valence-corrected chi connectivity index (χ0v) is 25.9. The minimum absolute atomic E-state index is 0. The number of ether oxygens (including phenoxy) is 1. The van der Waals surface area contributed by atoms with E-state index < -0.39 is 60.3 Å². The van der Waals surface area contributed by atoms with Gasteiger partial charge in [-0.2, -0.15) is 0 Å². The fourth-order valence-electron chi connectivity index (χ4n) is 1.97. The van der Waals surface area contributed by atoms with E-state index in [2.05, 4.69) is 13.6 Å². The first-order chi connectivity index (χ1) is 13.9. The second-order valence-corrected chi connectivity index (χ2v) is 9.34. The second kappa shape index (κ2) is 16.0. The Morgan fingerprint density at radius 2 is 1.67 bits per heavy atom. The van der Waals surface area contributed by atoms with Crippen LogP contribution in [-0.4, -0.2) is 59.6 Å². The average molecular weight is 568 g/mol. The SMILES string of the molecule is O=P([O-])([O-])OP(=O)([O-])OP(=O)(O)O.[2H]c1cn([C@@H]2O[C@H](CO)[C@@H](O)[C@H]2O)c(=O)[nH]c1=N.[Na+].[Na+].[Na+]. The van der Waals surface area contributed by atoms with Crippen molar-refractivity contribution in [1.82, 2.24) is 9.55 Å². The van der Waals surface area contributed by atoms with Crippen molar-refractivity contribution in [3.05, 3.63) is 28.2 Å². The zero-order chi connectivity index (χ0) is 24.4. The van der Waals surface area contributed by atoms with Gasteiger partial charge in [-0.1, -0.05) is 0 Å². The molecule has 0 aromatic carbocycles. The van der Waals surface area contributed by atoms with Gasteiger partial charge in [-0.25, -0.2) is 13.7 Å². The van der Waals surface area contributed by atoms with E-state index in [1.807, 2.05) is 0 Å². The molecule has 0 spiro atoms. The third-order valence-corrected chi connectivity index (χ3v) is 6.26. The molecular formula is C9H15N3Na3O15P3. The van der Waals surface area contributed by atoms with Gasteiger partial charge in [0.1, 0.15) is 23.8 Å². The Balaban J connectivity index is -0.000000545. The van der Waals surface area contributed by atoms with E-state index in [-0.39, 0.29) is 100 Å². The van der Waals surface area contributed by atoms with Gasteiger partial charge in [-0.15, -0.1) is 0 Å². The van der Waals surface area contributed by atoms with E-state index in [1.165, 1.54) is 0 Å². The van der Waals surface area contributed by atoms with Gasteiger partial charge in [0.15, 0.2) is 6.23 Å². The Kier molecular flexibility index (Phi) is 18.0. The molecule has 2 heterocycles. The number of aromatic nitrogens is 2. The number of hydrogen-bond donors (Lipinski definition) is 7. The number of hydrogen-bond acceptors (Lipinski definition) is 14. The van der Waals surface area contributed by atoms with Crippen LogP contribution in [0.25, 0.3) is 0 Å². The summed E-state index contributed by atoms with van der Waals surface area (Å²) in [5.74, 6) is 0. The van der Waals surface area contributed by atoms with Gasteiger partial charge < -0.3 is 49.1 Å². The van der Waals surface area contributed by atoms with E-state index in [9.17, 15) is 43.4 Å². The smallest absolute Gasteiger partial charge is 0.790 e. The van der Waals surface area contributed by atoms with Crippen LogP contribution in [-0.2, 0) is 27.1 Å². The van der Waals surface area contributed by atoms with Crippen LogP contribution in [0.2, 0.25) is 0 Å². The normalized spacial score (nSPS) is 24.5. The second-order valence-electron chi connectivity index (χ2n) is 5.26. The summed E-state index contributed by atoms with van der Waals surface area (Å²) in [6.45, 7) is -0.503. The number of nitrogens with zero attached hydrogens (tertiary/aromatic N) is 1. The van der Waals surface area contributed by atoms with Crippen molar-refractivity contribution in [2.45, 2.75) is 24.5 Å². The summed E-state index contributed by atoms with van der Waals surface area (Å²) in [6, 6.07) is -0.257. The fourth-order valence-corrected chi connectivity index (χ4v) is 4.38. The molecule has 0 aliphatic carbocycles. The van der Waals surface area contributed by atoms with Gasteiger partial charge in [0.05, 0.1) is 15.8 Å². The topological polar surface area (TPSA) is 311 Å². The summed E-state index contributed by atoms with van der Waals surface area (Å²) in [5.41, 5.74) is -1.10. The van der Waals surface area contributed by atoms with E-state index in [0.29, 0.717) is 0 Å². The Morgan fingerprint density at radius 3 is 2.06 bits per heavy atom. The van der Waals surface area contributed by atoms with Crippen LogP contribution in [0.3, 0.4) is 0 Å². The maximum Gasteiger partial charge on any atom is 1.00 e. The fraction of sp³-hybridized carbons (Fsp3) is 0.556. The van der Waals surface area contributed by atoms with E-state index in [4.69, 9.17) is 26.4 Å². The molecule has 18 nitrogen and oxygen atoms in total. The summed E-state index contributed by atoms with van der Waals surface area (Å²) in [5, 5.41) is 35.5. The largest absolute Gasteiger partial charge is 1.00 e. The molecule has 2 rings (SSSR count). The average Bonchev–Trinajstić information content (AvgIpc) is 2.82. The first-order valence-electron chi connectivity index (χ1n) is 7.67. The molecule has 1 aliphatic heterocycles. The molecule has 33 heavy (non-hydrogen) atoms. The molecule has 1 saturated heterocycles. The Labute approximate surface area is 252 Å². The van der Waals surface area contributed by atoms with Gasteiger partial charge in [0.2, 0.25) is 0 Å². The van der Waals surface area contributed by atoms with E-state index >= 15 is 0 Å². The van der Waals surface area contributed by atoms with Crippen molar-refractivity contribution in [2.75, 3.05) is 6.61 Å². The molecule has 1 aromatic heterocycles. The molecule has 5 atom stereocenters. The molecule has 174 valence electrons. The molecule has 0 radical (unpaired) electrons. The van der Waals surface area contributed by atoms with Crippen molar-refractivity contribution >= 4 is 23.5 Å². The number of aliphatic hydroxyl groups excluding tert-OH is 3. The van der Waals surface area contributed by atoms with Crippen molar-refractivity contribution in [2.24, 2.45) is 0 Å². The van der Waals surface area contributed by atoms with Crippen LogP contribution in [0.5, 0.6) is 0 Å². The van der Waals surface area contributed by atoms with Crippen molar-refractivity contribution in [1.29, 1.82) is 5.41 Å². The van der Waals surface area contributed by atoms with Crippen LogP contribution in [0.4, 0.5) is 0 Å². The van der Waals surface area contributed by atoms with Crippen molar-refractivity contribution in [3.8, 4) is 0 Å². The summed E-state index contributed by atoms with van der Waals surface area (Å²) in [6.07, 6.45) is -3.89. The Morgan fingerprint density at radius 1 is 1.15 bits per heavy atom. The zero-order valence-electron chi connectivity index (χ0n) is 18.2. The molecular weight excluding hydrogens is 552 g/mol. The summed E-state index contributed by atoms with van der Waals surface area (Å²) in [7, 11) is -17.2. The molecule has 1 unspecified atom stereocenters. The molecule has 1 aliphatic rings. The van der Waals surface area contributed by atoms with Crippen LogP contribution in [0.15, 0.2) is 17.0 Å². The number of aromatic amines is 1. The maximum atomic E-state index is 11.6.